The highest BCUT2D eigenvalue weighted by Gasteiger charge is 2.23. The molecule has 6 heteroatoms. The van der Waals surface area contributed by atoms with E-state index in [1.165, 1.54) is 12.3 Å². The highest BCUT2D eigenvalue weighted by molar-refractivity contribution is 5.81. The first-order chi connectivity index (χ1) is 12.5. The Hall–Kier alpha value is -3.12. The summed E-state index contributed by atoms with van der Waals surface area (Å²) in [7, 11) is 0. The van der Waals surface area contributed by atoms with E-state index in [1.54, 1.807) is 24.3 Å². The van der Waals surface area contributed by atoms with Gasteiger partial charge in [0.1, 0.15) is 23.3 Å². The maximum atomic E-state index is 12.6. The van der Waals surface area contributed by atoms with Crippen LogP contribution < -0.4 is 20.6 Å². The zero-order valence-electron chi connectivity index (χ0n) is 14.6. The van der Waals surface area contributed by atoms with Crippen molar-refractivity contribution in [3.05, 3.63) is 65.0 Å². The van der Waals surface area contributed by atoms with E-state index in [-0.39, 0.29) is 17.1 Å². The van der Waals surface area contributed by atoms with Gasteiger partial charge in [0, 0.05) is 12.0 Å². The van der Waals surface area contributed by atoms with Crippen LogP contribution in [0.5, 0.6) is 17.2 Å². The third kappa shape index (κ3) is 3.75. The maximum absolute atomic E-state index is 12.6. The summed E-state index contributed by atoms with van der Waals surface area (Å²) in [4.78, 5) is 24.6. The molecule has 26 heavy (non-hydrogen) atoms. The van der Waals surface area contributed by atoms with Crippen LogP contribution in [0.4, 0.5) is 0 Å². The molecule has 0 bridgehead atoms. The zero-order valence-corrected chi connectivity index (χ0v) is 14.6. The van der Waals surface area contributed by atoms with Crippen LogP contribution in [0.3, 0.4) is 0 Å². The number of hydrogen-bond donors (Lipinski definition) is 1. The number of quaternary nitrogens is 1. The molecular weight excluding hydrogens is 334 g/mol. The monoisotopic (exact) mass is 354 g/mol. The molecule has 0 spiro atoms. The van der Waals surface area contributed by atoms with Crippen LogP contribution in [0.2, 0.25) is 0 Å². The van der Waals surface area contributed by atoms with Gasteiger partial charge in [-0.2, -0.15) is 0 Å². The van der Waals surface area contributed by atoms with Crippen LogP contribution in [0, 0.1) is 5.92 Å². The number of ether oxygens (including phenoxy) is 2. The van der Waals surface area contributed by atoms with Crippen molar-refractivity contribution in [2.45, 2.75) is 19.9 Å². The van der Waals surface area contributed by atoms with Crippen LogP contribution in [-0.4, -0.2) is 12.0 Å². The molecule has 0 amide bonds. The predicted octanol–water partition coefficient (Wildman–Crippen LogP) is 2.76. The Balaban J connectivity index is 1.87. The van der Waals surface area contributed by atoms with Crippen molar-refractivity contribution in [3.63, 3.8) is 0 Å². The molecule has 0 fully saturated rings. The molecule has 3 rings (SSSR count). The van der Waals surface area contributed by atoms with Crippen LogP contribution in [0.1, 0.15) is 13.8 Å². The summed E-state index contributed by atoms with van der Waals surface area (Å²) in [5.41, 5.74) is 3.81. The Labute approximate surface area is 150 Å². The summed E-state index contributed by atoms with van der Waals surface area (Å²) < 4.78 is 16.4. The summed E-state index contributed by atoms with van der Waals surface area (Å²) in [5.74, 6) is 0.576. The van der Waals surface area contributed by atoms with E-state index >= 15 is 0 Å². The van der Waals surface area contributed by atoms with Crippen LogP contribution in [0.25, 0.3) is 11.0 Å². The minimum absolute atomic E-state index is 0.0681. The number of carbonyl (C=O) groups excluding carboxylic acids is 1. The SMILES string of the molecule is CC(C)C([NH3+])C(=O)Oc1ccc2c(=O)c(Oc3ccccc3)coc2c1. The topological polar surface area (TPSA) is 93.4 Å². The Bertz CT molecular complexity index is 978. The van der Waals surface area contributed by atoms with Gasteiger partial charge in [0.2, 0.25) is 11.2 Å². The first-order valence-electron chi connectivity index (χ1n) is 8.29. The van der Waals surface area contributed by atoms with Gasteiger partial charge in [0.25, 0.3) is 0 Å². The summed E-state index contributed by atoms with van der Waals surface area (Å²) in [6.07, 6.45) is 1.25. The van der Waals surface area contributed by atoms with Crippen LogP contribution in [0.15, 0.2) is 64.0 Å². The minimum atomic E-state index is -0.473. The molecule has 0 aliphatic carbocycles. The highest BCUT2D eigenvalue weighted by atomic mass is 16.5. The lowest BCUT2D eigenvalue weighted by Crippen LogP contribution is -2.68. The lowest BCUT2D eigenvalue weighted by molar-refractivity contribution is -0.417. The third-order valence-corrected chi connectivity index (χ3v) is 4.01. The summed E-state index contributed by atoms with van der Waals surface area (Å²) >= 11 is 0. The number of carbonyl (C=O) groups is 1. The summed E-state index contributed by atoms with van der Waals surface area (Å²) in [6, 6.07) is 13.1. The largest absolute Gasteiger partial charge is 0.460 e. The van der Waals surface area contributed by atoms with E-state index in [0.29, 0.717) is 22.5 Å². The smallest absolute Gasteiger partial charge is 0.370 e. The average Bonchev–Trinajstić information content (AvgIpc) is 2.64. The van der Waals surface area contributed by atoms with Crippen LogP contribution >= 0.6 is 0 Å². The van der Waals surface area contributed by atoms with E-state index in [4.69, 9.17) is 13.9 Å². The second kappa shape index (κ2) is 7.41. The van der Waals surface area contributed by atoms with Crippen molar-refractivity contribution < 1.29 is 24.4 Å². The molecule has 1 aromatic heterocycles. The number of fused-ring (bicyclic) bond motifs is 1. The molecule has 0 aliphatic heterocycles. The fraction of sp³-hybridized carbons (Fsp3) is 0.200. The summed E-state index contributed by atoms with van der Waals surface area (Å²) in [6.45, 7) is 3.79. The Morgan fingerprint density at radius 1 is 1.08 bits per heavy atom. The van der Waals surface area contributed by atoms with E-state index in [2.05, 4.69) is 5.73 Å². The first-order valence-corrected chi connectivity index (χ1v) is 8.29. The Kier molecular flexibility index (Phi) is 5.04. The molecule has 1 atom stereocenters. The Morgan fingerprint density at radius 3 is 2.50 bits per heavy atom. The number of hydrogen-bond acceptors (Lipinski definition) is 5. The van der Waals surface area contributed by atoms with Gasteiger partial charge in [-0.15, -0.1) is 0 Å². The second-order valence-corrected chi connectivity index (χ2v) is 6.27. The fourth-order valence-corrected chi connectivity index (χ4v) is 2.30. The van der Waals surface area contributed by atoms with Crippen molar-refractivity contribution in [3.8, 4) is 17.2 Å². The van der Waals surface area contributed by atoms with E-state index in [9.17, 15) is 9.59 Å². The van der Waals surface area contributed by atoms with E-state index < -0.39 is 12.0 Å². The van der Waals surface area contributed by atoms with Crippen molar-refractivity contribution in [1.29, 1.82) is 0 Å². The third-order valence-electron chi connectivity index (χ3n) is 4.01. The molecule has 3 N–H and O–H groups in total. The lowest BCUT2D eigenvalue weighted by Gasteiger charge is -2.11. The van der Waals surface area contributed by atoms with Crippen molar-refractivity contribution >= 4 is 16.9 Å². The fourth-order valence-electron chi connectivity index (χ4n) is 2.30. The zero-order chi connectivity index (χ0) is 18.7. The van der Waals surface area contributed by atoms with Gasteiger partial charge in [-0.3, -0.25) is 4.79 Å². The molecule has 0 saturated carbocycles. The molecule has 0 saturated heterocycles. The van der Waals surface area contributed by atoms with Gasteiger partial charge >= 0.3 is 5.97 Å². The van der Waals surface area contributed by atoms with E-state index in [1.807, 2.05) is 32.0 Å². The molecular formula is C20H20NO5+. The van der Waals surface area contributed by atoms with Gasteiger partial charge in [-0.1, -0.05) is 32.0 Å². The molecule has 1 heterocycles. The normalized spacial score (nSPS) is 12.2. The number of benzene rings is 2. The molecule has 1 unspecified atom stereocenters. The molecule has 0 aliphatic rings. The average molecular weight is 354 g/mol. The molecule has 134 valence electrons. The lowest BCUT2D eigenvalue weighted by atomic mass is 10.1. The Morgan fingerprint density at radius 2 is 1.81 bits per heavy atom. The standard InChI is InChI=1S/C20H19NO5/c1-12(2)18(21)20(23)26-14-8-9-15-16(10-14)24-11-17(19(15)22)25-13-6-4-3-5-7-13/h3-12,18H,21H2,1-2H3/p+1. The van der Waals surface area contributed by atoms with Crippen molar-refractivity contribution in [2.24, 2.45) is 5.92 Å². The van der Waals surface area contributed by atoms with Gasteiger partial charge in [0.15, 0.2) is 6.04 Å². The van der Waals surface area contributed by atoms with Crippen molar-refractivity contribution in [2.75, 3.05) is 0 Å². The molecule has 3 aromatic rings. The van der Waals surface area contributed by atoms with Gasteiger partial charge < -0.3 is 19.6 Å². The maximum Gasteiger partial charge on any atom is 0.370 e. The number of esters is 1. The van der Waals surface area contributed by atoms with Gasteiger partial charge in [0.05, 0.1) is 5.39 Å². The summed E-state index contributed by atoms with van der Waals surface area (Å²) in [5, 5.41) is 0.341. The first kappa shape index (κ1) is 17.7. The van der Waals surface area contributed by atoms with Crippen molar-refractivity contribution in [1.82, 2.24) is 0 Å². The molecule has 6 nitrogen and oxygen atoms in total. The van der Waals surface area contributed by atoms with Gasteiger partial charge in [-0.25, -0.2) is 4.79 Å². The second-order valence-electron chi connectivity index (χ2n) is 6.27. The molecule has 0 radical (unpaired) electrons. The predicted molar refractivity (Wildman–Crippen MR) is 96.1 cm³/mol. The van der Waals surface area contributed by atoms with Crippen LogP contribution in [-0.2, 0) is 4.79 Å². The quantitative estimate of drug-likeness (QED) is 0.562. The van der Waals surface area contributed by atoms with Gasteiger partial charge in [-0.05, 0) is 24.3 Å². The highest BCUT2D eigenvalue weighted by Crippen LogP contribution is 2.24. The van der Waals surface area contributed by atoms with E-state index in [0.717, 1.165) is 0 Å². The minimum Gasteiger partial charge on any atom is -0.460 e. The number of para-hydroxylation sites is 1. The molecule has 2 aromatic carbocycles. The number of rotatable bonds is 5.